The van der Waals surface area contributed by atoms with Crippen molar-refractivity contribution in [3.63, 3.8) is 0 Å². The Morgan fingerprint density at radius 3 is 3.06 bits per heavy atom. The molecule has 100 valence electrons. The van der Waals surface area contributed by atoms with Crippen LogP contribution in [0.5, 0.6) is 0 Å². The summed E-state index contributed by atoms with van der Waals surface area (Å²) in [6.45, 7) is 2.88. The molecular formula is C12H19N3O3. The van der Waals surface area contributed by atoms with Crippen LogP contribution in [0.25, 0.3) is 0 Å². The molecule has 2 N–H and O–H groups in total. The fraction of sp³-hybridized carbons (Fsp3) is 0.833. The molecule has 0 radical (unpaired) electrons. The molecule has 2 unspecified atom stereocenters. The van der Waals surface area contributed by atoms with Gasteiger partial charge < -0.3 is 19.7 Å². The summed E-state index contributed by atoms with van der Waals surface area (Å²) in [5, 5.41) is 17.6. The van der Waals surface area contributed by atoms with E-state index >= 15 is 0 Å². The van der Waals surface area contributed by atoms with Crippen LogP contribution in [0.15, 0.2) is 4.52 Å². The van der Waals surface area contributed by atoms with Gasteiger partial charge in [0.15, 0.2) is 11.4 Å². The lowest BCUT2D eigenvalue weighted by atomic mass is 9.94. The van der Waals surface area contributed by atoms with E-state index in [1.165, 1.54) is 0 Å². The van der Waals surface area contributed by atoms with Gasteiger partial charge in [-0.2, -0.15) is 4.98 Å². The highest BCUT2D eigenvalue weighted by atomic mass is 16.5. The zero-order valence-corrected chi connectivity index (χ0v) is 10.4. The summed E-state index contributed by atoms with van der Waals surface area (Å²) in [7, 11) is 0. The number of nitrogens with zero attached hydrogens (tertiary/aromatic N) is 2. The summed E-state index contributed by atoms with van der Waals surface area (Å²) in [6, 6.07) is 0. The number of hydrogen-bond donors (Lipinski definition) is 2. The van der Waals surface area contributed by atoms with Crippen LogP contribution in [-0.2, 0) is 10.3 Å². The Bertz CT molecular complexity index is 395. The van der Waals surface area contributed by atoms with Crippen LogP contribution >= 0.6 is 0 Å². The number of rotatable bonds is 2. The fourth-order valence-electron chi connectivity index (χ4n) is 2.61. The summed E-state index contributed by atoms with van der Waals surface area (Å²) in [5.41, 5.74) is -1.00. The van der Waals surface area contributed by atoms with Gasteiger partial charge in [-0.3, -0.25) is 0 Å². The van der Waals surface area contributed by atoms with Gasteiger partial charge in [0.2, 0.25) is 0 Å². The molecule has 6 heteroatoms. The maximum absolute atomic E-state index is 10.5. The highest BCUT2D eigenvalue weighted by Gasteiger charge is 2.37. The summed E-state index contributed by atoms with van der Waals surface area (Å²) >= 11 is 0. The van der Waals surface area contributed by atoms with Crippen LogP contribution < -0.4 is 5.32 Å². The third kappa shape index (κ3) is 2.28. The van der Waals surface area contributed by atoms with Gasteiger partial charge in [-0.15, -0.1) is 0 Å². The molecule has 0 aromatic carbocycles. The van der Waals surface area contributed by atoms with E-state index in [1.54, 1.807) is 0 Å². The van der Waals surface area contributed by atoms with E-state index in [4.69, 9.17) is 9.26 Å². The first-order chi connectivity index (χ1) is 8.78. The van der Waals surface area contributed by atoms with Crippen molar-refractivity contribution in [1.29, 1.82) is 0 Å². The van der Waals surface area contributed by atoms with Crippen molar-refractivity contribution in [2.45, 2.75) is 37.2 Å². The van der Waals surface area contributed by atoms with E-state index in [0.29, 0.717) is 31.3 Å². The van der Waals surface area contributed by atoms with Gasteiger partial charge in [-0.25, -0.2) is 0 Å². The zero-order chi connectivity index (χ0) is 12.4. The molecule has 2 aliphatic heterocycles. The third-order valence-corrected chi connectivity index (χ3v) is 3.73. The van der Waals surface area contributed by atoms with E-state index < -0.39 is 5.60 Å². The van der Waals surface area contributed by atoms with Crippen LogP contribution in [0.2, 0.25) is 0 Å². The predicted octanol–water partition coefficient (Wildman–Crippen LogP) is 0.535. The van der Waals surface area contributed by atoms with Crippen molar-refractivity contribution in [2.75, 3.05) is 26.3 Å². The Balaban J connectivity index is 1.75. The monoisotopic (exact) mass is 253 g/mol. The smallest absolute Gasteiger partial charge is 0.259 e. The minimum absolute atomic E-state index is 0.205. The highest BCUT2D eigenvalue weighted by molar-refractivity contribution is 5.05. The highest BCUT2D eigenvalue weighted by Crippen LogP contribution is 2.29. The molecule has 1 aromatic rings. The average molecular weight is 253 g/mol. The second kappa shape index (κ2) is 4.95. The topological polar surface area (TPSA) is 80.4 Å². The molecule has 2 fully saturated rings. The number of nitrogens with one attached hydrogen (secondary N) is 1. The molecule has 2 atom stereocenters. The largest absolute Gasteiger partial charge is 0.381 e. The van der Waals surface area contributed by atoms with Crippen LogP contribution in [0.4, 0.5) is 0 Å². The average Bonchev–Trinajstić information content (AvgIpc) is 2.91. The molecule has 0 saturated carbocycles. The zero-order valence-electron chi connectivity index (χ0n) is 10.4. The summed E-state index contributed by atoms with van der Waals surface area (Å²) in [4.78, 5) is 4.38. The Labute approximate surface area is 106 Å². The Morgan fingerprint density at radius 2 is 2.33 bits per heavy atom. The van der Waals surface area contributed by atoms with Crippen molar-refractivity contribution in [2.24, 2.45) is 0 Å². The second-order valence-corrected chi connectivity index (χ2v) is 5.18. The predicted molar refractivity (Wildman–Crippen MR) is 63.1 cm³/mol. The molecule has 2 aliphatic rings. The first-order valence-electron chi connectivity index (χ1n) is 6.63. The maximum atomic E-state index is 10.5. The minimum Gasteiger partial charge on any atom is -0.381 e. The number of aliphatic hydroxyl groups is 1. The Morgan fingerprint density at radius 1 is 1.39 bits per heavy atom. The molecule has 6 nitrogen and oxygen atoms in total. The Hall–Kier alpha value is -0.980. The van der Waals surface area contributed by atoms with Crippen molar-refractivity contribution < 1.29 is 14.4 Å². The SMILES string of the molecule is OC1(c2nc(C3CCCOC3)no2)CCCNC1. The first kappa shape index (κ1) is 12.1. The van der Waals surface area contributed by atoms with E-state index in [1.807, 2.05) is 0 Å². The normalized spacial score (nSPS) is 33.5. The van der Waals surface area contributed by atoms with E-state index in [2.05, 4.69) is 15.5 Å². The van der Waals surface area contributed by atoms with Gasteiger partial charge >= 0.3 is 0 Å². The maximum Gasteiger partial charge on any atom is 0.259 e. The lowest BCUT2D eigenvalue weighted by molar-refractivity contribution is -0.0167. The quantitative estimate of drug-likeness (QED) is 0.800. The molecule has 0 spiro atoms. The van der Waals surface area contributed by atoms with Crippen LogP contribution in [0, 0.1) is 0 Å². The van der Waals surface area contributed by atoms with E-state index in [9.17, 15) is 5.11 Å². The third-order valence-electron chi connectivity index (χ3n) is 3.73. The van der Waals surface area contributed by atoms with Gasteiger partial charge in [-0.05, 0) is 32.2 Å². The number of β-amino-alcohol motifs (C(OH)–C–C–N with tert-alkyl or cyclic N) is 1. The molecule has 0 bridgehead atoms. The minimum atomic E-state index is -1.00. The lowest BCUT2D eigenvalue weighted by Gasteiger charge is -2.28. The Kier molecular flexibility index (Phi) is 3.32. The van der Waals surface area contributed by atoms with Gasteiger partial charge in [0.1, 0.15) is 0 Å². The van der Waals surface area contributed by atoms with Crippen molar-refractivity contribution >= 4 is 0 Å². The number of ether oxygens (including phenoxy) is 1. The van der Waals surface area contributed by atoms with Gasteiger partial charge in [0, 0.05) is 19.1 Å². The van der Waals surface area contributed by atoms with Gasteiger partial charge in [0.05, 0.1) is 6.61 Å². The fourth-order valence-corrected chi connectivity index (χ4v) is 2.61. The van der Waals surface area contributed by atoms with Crippen LogP contribution in [-0.4, -0.2) is 41.6 Å². The van der Waals surface area contributed by atoms with Gasteiger partial charge in [0.25, 0.3) is 5.89 Å². The van der Waals surface area contributed by atoms with E-state index in [0.717, 1.165) is 32.4 Å². The number of aromatic nitrogens is 2. The molecule has 3 rings (SSSR count). The lowest BCUT2D eigenvalue weighted by Crippen LogP contribution is -2.43. The second-order valence-electron chi connectivity index (χ2n) is 5.18. The molecule has 2 saturated heterocycles. The van der Waals surface area contributed by atoms with Crippen molar-refractivity contribution in [3.8, 4) is 0 Å². The molecule has 18 heavy (non-hydrogen) atoms. The molecular weight excluding hydrogens is 234 g/mol. The van der Waals surface area contributed by atoms with Crippen molar-refractivity contribution in [3.05, 3.63) is 11.7 Å². The molecule has 0 aliphatic carbocycles. The first-order valence-corrected chi connectivity index (χ1v) is 6.63. The van der Waals surface area contributed by atoms with E-state index in [-0.39, 0.29) is 5.92 Å². The summed E-state index contributed by atoms with van der Waals surface area (Å²) < 4.78 is 10.7. The number of hydrogen-bond acceptors (Lipinski definition) is 6. The summed E-state index contributed by atoms with van der Waals surface area (Å²) in [6.07, 6.45) is 3.64. The van der Waals surface area contributed by atoms with Crippen LogP contribution in [0.1, 0.15) is 43.3 Å². The molecule has 1 aromatic heterocycles. The number of piperidine rings is 1. The molecule has 3 heterocycles. The molecule has 0 amide bonds. The van der Waals surface area contributed by atoms with Crippen molar-refractivity contribution in [1.82, 2.24) is 15.5 Å². The van der Waals surface area contributed by atoms with Gasteiger partial charge in [-0.1, -0.05) is 5.16 Å². The standard InChI is InChI=1S/C12H19N3O3/c16-12(4-2-5-13-8-12)11-14-10(15-18-11)9-3-1-6-17-7-9/h9,13,16H,1-8H2. The summed E-state index contributed by atoms with van der Waals surface area (Å²) in [5.74, 6) is 1.22. The van der Waals surface area contributed by atoms with Crippen LogP contribution in [0.3, 0.4) is 0 Å².